The zero-order chi connectivity index (χ0) is 14.2. The highest BCUT2D eigenvalue weighted by molar-refractivity contribution is 5.59. The summed E-state index contributed by atoms with van der Waals surface area (Å²) in [5, 5.41) is 0. The Morgan fingerprint density at radius 3 is 2.90 bits per heavy atom. The summed E-state index contributed by atoms with van der Waals surface area (Å²) < 4.78 is 5.53. The van der Waals surface area contributed by atoms with Gasteiger partial charge in [-0.2, -0.15) is 0 Å². The number of aromatic amines is 1. The number of benzene rings is 1. The number of rotatable bonds is 2. The van der Waals surface area contributed by atoms with Crippen molar-refractivity contribution in [1.82, 2.24) is 9.97 Å². The van der Waals surface area contributed by atoms with Crippen molar-refractivity contribution < 1.29 is 4.74 Å². The summed E-state index contributed by atoms with van der Waals surface area (Å²) in [5.41, 5.74) is 3.05. The maximum Gasteiger partial charge on any atom is 0.251 e. The van der Waals surface area contributed by atoms with Gasteiger partial charge in [0.05, 0.1) is 12.3 Å². The molecule has 0 atom stereocenters. The molecule has 2 aromatic rings. The van der Waals surface area contributed by atoms with E-state index >= 15 is 0 Å². The summed E-state index contributed by atoms with van der Waals surface area (Å²) in [5.74, 6) is 2.08. The van der Waals surface area contributed by atoms with Crippen LogP contribution in [0, 0.1) is 0 Å². The molecular weight excluding hydrogens is 264 g/mol. The summed E-state index contributed by atoms with van der Waals surface area (Å²) in [4.78, 5) is 19.5. The van der Waals surface area contributed by atoms with E-state index in [0.717, 1.165) is 42.9 Å². The van der Waals surface area contributed by atoms with E-state index in [-0.39, 0.29) is 5.56 Å². The zero-order valence-electron chi connectivity index (χ0n) is 11.9. The van der Waals surface area contributed by atoms with E-state index < -0.39 is 0 Å². The molecule has 0 bridgehead atoms. The minimum absolute atomic E-state index is 0.0568. The molecule has 0 amide bonds. The maximum atomic E-state index is 12.0. The predicted octanol–water partition coefficient (Wildman–Crippen LogP) is 3.03. The van der Waals surface area contributed by atoms with Gasteiger partial charge in [-0.15, -0.1) is 0 Å². The molecular formula is C17H18N2O2. The van der Waals surface area contributed by atoms with Gasteiger partial charge in [0.15, 0.2) is 0 Å². The fourth-order valence-electron chi connectivity index (χ4n) is 3.38. The summed E-state index contributed by atoms with van der Waals surface area (Å²) >= 11 is 0. The molecule has 2 aliphatic rings. The van der Waals surface area contributed by atoms with Crippen molar-refractivity contribution >= 4 is 0 Å². The first-order chi connectivity index (χ1) is 10.3. The molecule has 0 radical (unpaired) electrons. The highest BCUT2D eigenvalue weighted by atomic mass is 16.5. The first-order valence-electron chi connectivity index (χ1n) is 7.67. The number of H-pyrrole nitrogens is 1. The van der Waals surface area contributed by atoms with Crippen LogP contribution >= 0.6 is 0 Å². The van der Waals surface area contributed by atoms with Crippen LogP contribution in [0.15, 0.2) is 29.1 Å². The monoisotopic (exact) mass is 282 g/mol. The predicted molar refractivity (Wildman–Crippen MR) is 80.7 cm³/mol. The Labute approximate surface area is 123 Å². The Bertz CT molecular complexity index is 730. The van der Waals surface area contributed by atoms with Crippen molar-refractivity contribution in [3.63, 3.8) is 0 Å². The van der Waals surface area contributed by atoms with E-state index in [1.54, 1.807) is 6.07 Å². The Morgan fingerprint density at radius 1 is 1.19 bits per heavy atom. The minimum atomic E-state index is -0.0568. The highest BCUT2D eigenvalue weighted by Crippen LogP contribution is 2.33. The van der Waals surface area contributed by atoms with Gasteiger partial charge in [0.25, 0.3) is 5.56 Å². The average molecular weight is 282 g/mol. The SMILES string of the molecule is O=c1cc(C2CCCC2)nc(-c2ccc3c(c2)CCO3)[nH]1. The van der Waals surface area contributed by atoms with Gasteiger partial charge in [0.2, 0.25) is 0 Å². The molecule has 1 aliphatic heterocycles. The van der Waals surface area contributed by atoms with Crippen LogP contribution in [0.4, 0.5) is 0 Å². The fraction of sp³-hybridized carbons (Fsp3) is 0.412. The lowest BCUT2D eigenvalue weighted by atomic mass is 10.0. The second-order valence-electron chi connectivity index (χ2n) is 5.92. The molecule has 1 aromatic heterocycles. The van der Waals surface area contributed by atoms with Crippen LogP contribution in [0.25, 0.3) is 11.4 Å². The molecule has 1 aliphatic carbocycles. The number of aromatic nitrogens is 2. The molecule has 1 saturated carbocycles. The summed E-state index contributed by atoms with van der Waals surface area (Å²) in [6, 6.07) is 7.69. The Balaban J connectivity index is 1.75. The van der Waals surface area contributed by atoms with Gasteiger partial charge in [0, 0.05) is 24.0 Å². The molecule has 4 rings (SSSR count). The van der Waals surface area contributed by atoms with Crippen LogP contribution in [0.5, 0.6) is 5.75 Å². The lowest BCUT2D eigenvalue weighted by Gasteiger charge is -2.10. The molecule has 2 heterocycles. The highest BCUT2D eigenvalue weighted by Gasteiger charge is 2.20. The van der Waals surface area contributed by atoms with Crippen LogP contribution in [0.1, 0.15) is 42.9 Å². The Kier molecular flexibility index (Phi) is 3.02. The molecule has 4 heteroatoms. The van der Waals surface area contributed by atoms with Crippen molar-refractivity contribution in [2.24, 2.45) is 0 Å². The van der Waals surface area contributed by atoms with Crippen LogP contribution in [-0.4, -0.2) is 16.6 Å². The van der Waals surface area contributed by atoms with E-state index in [1.165, 1.54) is 18.4 Å². The minimum Gasteiger partial charge on any atom is -0.493 e. The Morgan fingerprint density at radius 2 is 2.05 bits per heavy atom. The molecule has 4 nitrogen and oxygen atoms in total. The van der Waals surface area contributed by atoms with Gasteiger partial charge in [0.1, 0.15) is 11.6 Å². The molecule has 0 saturated heterocycles. The van der Waals surface area contributed by atoms with Gasteiger partial charge in [-0.25, -0.2) is 4.98 Å². The van der Waals surface area contributed by atoms with Gasteiger partial charge in [-0.1, -0.05) is 12.8 Å². The topological polar surface area (TPSA) is 55.0 Å². The maximum absolute atomic E-state index is 12.0. The number of nitrogens with zero attached hydrogens (tertiary/aromatic N) is 1. The fourth-order valence-corrected chi connectivity index (χ4v) is 3.38. The number of nitrogens with one attached hydrogen (secondary N) is 1. The third-order valence-electron chi connectivity index (χ3n) is 4.50. The Hall–Kier alpha value is -2.10. The second-order valence-corrected chi connectivity index (χ2v) is 5.92. The van der Waals surface area contributed by atoms with Gasteiger partial charge < -0.3 is 9.72 Å². The summed E-state index contributed by atoms with van der Waals surface area (Å²) in [6.07, 6.45) is 5.70. The normalized spacial score (nSPS) is 17.7. The summed E-state index contributed by atoms with van der Waals surface area (Å²) in [6.45, 7) is 0.741. The average Bonchev–Trinajstić information content (AvgIpc) is 3.17. The van der Waals surface area contributed by atoms with Gasteiger partial charge in [-0.05, 0) is 36.6 Å². The number of fused-ring (bicyclic) bond motifs is 1. The number of ether oxygens (including phenoxy) is 1. The summed E-state index contributed by atoms with van der Waals surface area (Å²) in [7, 11) is 0. The first-order valence-corrected chi connectivity index (χ1v) is 7.67. The van der Waals surface area contributed by atoms with Gasteiger partial charge in [-0.3, -0.25) is 4.79 Å². The largest absolute Gasteiger partial charge is 0.493 e. The van der Waals surface area contributed by atoms with Gasteiger partial charge >= 0.3 is 0 Å². The molecule has 1 N–H and O–H groups in total. The molecule has 1 fully saturated rings. The third-order valence-corrected chi connectivity index (χ3v) is 4.50. The zero-order valence-corrected chi connectivity index (χ0v) is 11.9. The smallest absolute Gasteiger partial charge is 0.251 e. The lowest BCUT2D eigenvalue weighted by Crippen LogP contribution is -2.12. The molecule has 108 valence electrons. The van der Waals surface area contributed by atoms with Crippen molar-refractivity contribution in [3.05, 3.63) is 45.9 Å². The molecule has 1 aromatic carbocycles. The van der Waals surface area contributed by atoms with Crippen molar-refractivity contribution in [1.29, 1.82) is 0 Å². The van der Waals surface area contributed by atoms with Crippen LogP contribution in [-0.2, 0) is 6.42 Å². The quantitative estimate of drug-likeness (QED) is 0.921. The number of hydrogen-bond acceptors (Lipinski definition) is 3. The van der Waals surface area contributed by atoms with Crippen LogP contribution < -0.4 is 10.3 Å². The second kappa shape index (κ2) is 5.02. The van der Waals surface area contributed by atoms with Crippen molar-refractivity contribution in [2.45, 2.75) is 38.0 Å². The lowest BCUT2D eigenvalue weighted by molar-refractivity contribution is 0.357. The molecule has 0 spiro atoms. The van der Waals surface area contributed by atoms with E-state index in [9.17, 15) is 4.79 Å². The molecule has 21 heavy (non-hydrogen) atoms. The third kappa shape index (κ3) is 2.35. The van der Waals surface area contributed by atoms with E-state index in [1.807, 2.05) is 12.1 Å². The van der Waals surface area contributed by atoms with E-state index in [4.69, 9.17) is 9.72 Å². The number of hydrogen-bond donors (Lipinski definition) is 1. The van der Waals surface area contributed by atoms with Crippen molar-refractivity contribution in [3.8, 4) is 17.1 Å². The van der Waals surface area contributed by atoms with E-state index in [0.29, 0.717) is 11.7 Å². The van der Waals surface area contributed by atoms with Crippen molar-refractivity contribution in [2.75, 3.05) is 6.61 Å². The van der Waals surface area contributed by atoms with Crippen LogP contribution in [0.2, 0.25) is 0 Å². The standard InChI is InChI=1S/C17H18N2O2/c20-16-10-14(11-3-1-2-4-11)18-17(19-16)13-5-6-15-12(9-13)7-8-21-15/h5-6,9-11H,1-4,7-8H2,(H,18,19,20). The van der Waals surface area contributed by atoms with Crippen LogP contribution in [0.3, 0.4) is 0 Å². The first kappa shape index (κ1) is 12.6. The molecule has 0 unspecified atom stereocenters. The van der Waals surface area contributed by atoms with E-state index in [2.05, 4.69) is 11.1 Å².